The van der Waals surface area contributed by atoms with E-state index in [2.05, 4.69) is 279 Å². The summed E-state index contributed by atoms with van der Waals surface area (Å²) in [5.41, 5.74) is 28.8. The molecule has 0 bridgehead atoms. The Morgan fingerprint density at radius 3 is 1.64 bits per heavy atom. The summed E-state index contributed by atoms with van der Waals surface area (Å²) in [6, 6.07) is 83.7. The van der Waals surface area contributed by atoms with Gasteiger partial charge in [-0.3, -0.25) is 4.57 Å². The van der Waals surface area contributed by atoms with Gasteiger partial charge in [-0.25, -0.2) is 9.97 Å². The maximum Gasteiger partial charge on any atom is 0.163 e. The van der Waals surface area contributed by atoms with Crippen LogP contribution >= 0.6 is 0 Å². The third-order valence-corrected chi connectivity index (χ3v) is 17.3. The predicted octanol–water partition coefficient (Wildman–Crippen LogP) is 21.2. The van der Waals surface area contributed by atoms with Gasteiger partial charge in [-0.1, -0.05) is 236 Å². The normalized spacial score (nSPS) is 12.1. The maximum atomic E-state index is 11.5. The number of rotatable bonds is 11. The largest absolute Gasteiger partial charge is 0.507 e. The molecule has 2 aromatic heterocycles. The quantitative estimate of drug-likeness (QED) is 0.131. The molecule has 1 aliphatic carbocycles. The zero-order valence-corrected chi connectivity index (χ0v) is 52.2. The molecule has 5 heteroatoms. The van der Waals surface area contributed by atoms with Gasteiger partial charge in [-0.2, -0.15) is 0 Å². The first kappa shape index (κ1) is 56.8. The first-order chi connectivity index (χ1) is 40.7. The van der Waals surface area contributed by atoms with Crippen LogP contribution in [0.2, 0.25) is 0 Å². The van der Waals surface area contributed by atoms with E-state index in [0.29, 0.717) is 11.8 Å². The molecule has 422 valence electrons. The van der Waals surface area contributed by atoms with Crippen LogP contribution in [0, 0.1) is 19.9 Å². The van der Waals surface area contributed by atoms with Gasteiger partial charge in [0.1, 0.15) is 11.4 Å². The van der Waals surface area contributed by atoms with Crippen LogP contribution in [0.5, 0.6) is 5.75 Å². The Morgan fingerprint density at radius 1 is 0.459 bits per heavy atom. The molecule has 0 saturated carbocycles. The zero-order valence-electron chi connectivity index (χ0n) is 50.0. The minimum Gasteiger partial charge on any atom is -0.507 e. The molecule has 2 heterocycles. The number of para-hydroxylation sites is 1. The molecule has 13 rings (SSSR count). The number of fused-ring (bicyclic) bond motifs is 4. The summed E-state index contributed by atoms with van der Waals surface area (Å²) in [4.78, 5) is 11.5. The molecule has 0 radical (unpaired) electrons. The molecule has 0 amide bonds. The van der Waals surface area contributed by atoms with Crippen molar-refractivity contribution in [2.75, 3.05) is 0 Å². The number of pyridine rings is 1. The standard InChI is InChI=1S/C80H70N3O.Pt/c1-49(2)60-45-61(50(3)4)47-62(46-60)67-36-20-33-64(53-24-12-10-13-25-53)72(67)58-30-17-31-59(44-58)73-68(75-65(54-26-14-11-15-27-54)34-21-35-66(75)57-29-18-32-63(48-57)80(7,8)9)41-43-70-77(73)82-79(83(70)78-51(5)22-16-23-52(78)6)69-42-40-56-39-38-55-28-19-37-71(84)74(55)76(56)81-69;/h10-37,40-43,45-50,84H,38-39H2,1-9H3;/q-1;. The molecule has 0 atom stereocenters. The number of nitrogens with zero attached hydrogens (tertiary/aromatic N) is 3. The average Bonchev–Trinajstić information content (AvgIpc) is 1.76. The van der Waals surface area contributed by atoms with Gasteiger partial charge in [0.25, 0.3) is 0 Å². The number of hydrogen-bond acceptors (Lipinski definition) is 3. The number of phenolic OH excluding ortho intramolecular Hbond substituents is 1. The Hall–Kier alpha value is -8.69. The van der Waals surface area contributed by atoms with Crippen LogP contribution in [-0.2, 0) is 39.3 Å². The molecule has 0 fully saturated rings. The van der Waals surface area contributed by atoms with Crippen LogP contribution < -0.4 is 0 Å². The first-order valence-corrected chi connectivity index (χ1v) is 29.8. The number of imidazole rings is 1. The van der Waals surface area contributed by atoms with E-state index in [4.69, 9.17) is 9.97 Å². The van der Waals surface area contributed by atoms with Gasteiger partial charge in [0, 0.05) is 26.6 Å². The number of hydrogen-bond donors (Lipinski definition) is 1. The number of benzene rings is 10. The van der Waals surface area contributed by atoms with E-state index in [1.54, 1.807) is 6.07 Å². The Bertz CT molecular complexity index is 4460. The molecule has 0 saturated heterocycles. The van der Waals surface area contributed by atoms with E-state index in [9.17, 15) is 5.11 Å². The Balaban J connectivity index is 0.00000709. The van der Waals surface area contributed by atoms with Crippen molar-refractivity contribution in [3.63, 3.8) is 0 Å². The van der Waals surface area contributed by atoms with E-state index in [1.807, 2.05) is 6.07 Å². The molecule has 1 aliphatic rings. The molecule has 12 aromatic rings. The summed E-state index contributed by atoms with van der Waals surface area (Å²) in [6.07, 6.45) is 1.68. The van der Waals surface area contributed by atoms with E-state index >= 15 is 0 Å². The van der Waals surface area contributed by atoms with Crippen molar-refractivity contribution in [3.05, 3.63) is 263 Å². The number of aryl methyl sites for hydroxylation is 4. The van der Waals surface area contributed by atoms with E-state index < -0.39 is 0 Å². The second kappa shape index (κ2) is 23.1. The van der Waals surface area contributed by atoms with Gasteiger partial charge in [0.15, 0.2) is 5.82 Å². The Kier molecular flexibility index (Phi) is 15.4. The molecular formula is C80H70N3OPt-. The zero-order chi connectivity index (χ0) is 58.0. The van der Waals surface area contributed by atoms with Gasteiger partial charge in [0.2, 0.25) is 0 Å². The number of aromatic hydroxyl groups is 1. The molecular weight excluding hydrogens is 1210 g/mol. The van der Waals surface area contributed by atoms with Gasteiger partial charge in [-0.05, 0) is 162 Å². The van der Waals surface area contributed by atoms with Crippen LogP contribution in [-0.4, -0.2) is 19.6 Å². The Morgan fingerprint density at radius 2 is 1.00 bits per heavy atom. The summed E-state index contributed by atoms with van der Waals surface area (Å²) in [5.74, 6) is 1.67. The second-order valence-electron chi connectivity index (χ2n) is 24.6. The van der Waals surface area contributed by atoms with Crippen molar-refractivity contribution in [2.24, 2.45) is 0 Å². The molecule has 4 nitrogen and oxygen atoms in total. The molecule has 85 heavy (non-hydrogen) atoms. The molecule has 10 aromatic carbocycles. The topological polar surface area (TPSA) is 50.9 Å². The van der Waals surface area contributed by atoms with Gasteiger partial charge in [-0.15, -0.1) is 35.4 Å². The third kappa shape index (κ3) is 10.5. The van der Waals surface area contributed by atoms with Crippen LogP contribution in [0.15, 0.2) is 218 Å². The average molecular weight is 1280 g/mol. The molecule has 0 aliphatic heterocycles. The van der Waals surface area contributed by atoms with Gasteiger partial charge in [0.05, 0.1) is 22.4 Å². The van der Waals surface area contributed by atoms with E-state index in [1.165, 1.54) is 22.3 Å². The summed E-state index contributed by atoms with van der Waals surface area (Å²) in [7, 11) is 0. The monoisotopic (exact) mass is 1280 g/mol. The molecule has 0 spiro atoms. The minimum atomic E-state index is -0.0729. The van der Waals surface area contributed by atoms with Crippen molar-refractivity contribution in [3.8, 4) is 112 Å². The maximum absolute atomic E-state index is 11.5. The number of phenols is 1. The van der Waals surface area contributed by atoms with Gasteiger partial charge < -0.3 is 5.11 Å². The van der Waals surface area contributed by atoms with Crippen LogP contribution in [0.3, 0.4) is 0 Å². The van der Waals surface area contributed by atoms with Crippen LogP contribution in [0.25, 0.3) is 117 Å². The summed E-state index contributed by atoms with van der Waals surface area (Å²) >= 11 is 0. The van der Waals surface area contributed by atoms with Crippen LogP contribution in [0.4, 0.5) is 0 Å². The van der Waals surface area contributed by atoms with Crippen LogP contribution in [0.1, 0.15) is 99.2 Å². The van der Waals surface area contributed by atoms with Crippen molar-refractivity contribution in [2.45, 2.75) is 92.4 Å². The minimum absolute atomic E-state index is 0. The van der Waals surface area contributed by atoms with E-state index in [-0.39, 0.29) is 32.2 Å². The summed E-state index contributed by atoms with van der Waals surface area (Å²) < 4.78 is 2.34. The van der Waals surface area contributed by atoms with E-state index in [0.717, 1.165) is 147 Å². The third-order valence-electron chi connectivity index (χ3n) is 17.3. The summed E-state index contributed by atoms with van der Waals surface area (Å²) in [5, 5.41) is 11.5. The SMILES string of the molecule is Cc1cccc(C)c1-n1c(-c2ccc3c(n2)-c2c(O)cccc2CC3)nc2c(-c3[c-]c(-c4c(-c5ccccc5)cccc4-c4cc(C(C)C)cc(C(C)C)c4)ccc3)c(-c3c(-c4ccccc4)cccc3-c3cccc(C(C)(C)C)c3)ccc21.[Pt]. The predicted molar refractivity (Wildman–Crippen MR) is 352 cm³/mol. The second-order valence-corrected chi connectivity index (χ2v) is 24.6. The smallest absolute Gasteiger partial charge is 0.163 e. The number of aromatic nitrogens is 3. The van der Waals surface area contributed by atoms with Crippen molar-refractivity contribution < 1.29 is 26.2 Å². The molecule has 1 N–H and O–H groups in total. The first-order valence-electron chi connectivity index (χ1n) is 29.8. The Labute approximate surface area is 516 Å². The fourth-order valence-electron chi connectivity index (χ4n) is 12.8. The van der Waals surface area contributed by atoms with Gasteiger partial charge >= 0.3 is 0 Å². The van der Waals surface area contributed by atoms with Crippen molar-refractivity contribution in [1.29, 1.82) is 0 Å². The van der Waals surface area contributed by atoms with Crippen molar-refractivity contribution in [1.82, 2.24) is 14.5 Å². The van der Waals surface area contributed by atoms with Crippen molar-refractivity contribution >= 4 is 11.0 Å². The fraction of sp³-hybridized carbons (Fsp3) is 0.175. The fourth-order valence-corrected chi connectivity index (χ4v) is 12.8. The molecule has 0 unspecified atom stereocenters. The summed E-state index contributed by atoms with van der Waals surface area (Å²) in [6.45, 7) is 20.4.